The summed E-state index contributed by atoms with van der Waals surface area (Å²) in [6.45, 7) is 10.2. The van der Waals surface area contributed by atoms with E-state index in [9.17, 15) is 4.39 Å². The summed E-state index contributed by atoms with van der Waals surface area (Å²) in [6.07, 6.45) is 3.97. The van der Waals surface area contributed by atoms with Gasteiger partial charge in [0.1, 0.15) is 11.5 Å². The molecule has 1 aromatic carbocycles. The van der Waals surface area contributed by atoms with Gasteiger partial charge in [0.2, 0.25) is 5.95 Å². The number of benzene rings is 1. The van der Waals surface area contributed by atoms with Gasteiger partial charge in [0.05, 0.1) is 23.8 Å². The molecule has 2 aliphatic rings. The third-order valence-corrected chi connectivity index (χ3v) is 6.87. The zero-order chi connectivity index (χ0) is 23.0. The first-order valence-corrected chi connectivity index (χ1v) is 11.4. The first kappa shape index (κ1) is 21.5. The smallest absolute Gasteiger partial charge is 0.229 e. The number of piperazine rings is 1. The van der Waals surface area contributed by atoms with E-state index < -0.39 is 5.82 Å². The minimum Gasteiger partial charge on any atom is -0.368 e. The molecule has 1 atom stereocenters. The lowest BCUT2D eigenvalue weighted by Crippen LogP contribution is -2.43. The van der Waals surface area contributed by atoms with E-state index in [4.69, 9.17) is 4.99 Å². The molecule has 8 heteroatoms. The minimum absolute atomic E-state index is 0.147. The van der Waals surface area contributed by atoms with Crippen molar-refractivity contribution in [3.63, 3.8) is 0 Å². The van der Waals surface area contributed by atoms with Crippen LogP contribution in [0.3, 0.4) is 0 Å². The third-order valence-electron chi connectivity index (χ3n) is 6.87. The average molecular weight is 446 g/mol. The lowest BCUT2D eigenvalue weighted by Gasteiger charge is -2.29. The number of pyridine rings is 1. The normalized spacial score (nSPS) is 19.9. The molecular weight excluding hydrogens is 417 g/mol. The number of nitrogens with one attached hydrogen (secondary N) is 2. The van der Waals surface area contributed by atoms with Crippen molar-refractivity contribution >= 4 is 28.9 Å². The van der Waals surface area contributed by atoms with Gasteiger partial charge in [-0.2, -0.15) is 0 Å². The van der Waals surface area contributed by atoms with Crippen LogP contribution in [0.15, 0.2) is 47.7 Å². The molecule has 0 spiro atoms. The minimum atomic E-state index is -0.462. The quantitative estimate of drug-likeness (QED) is 0.597. The number of hydrogen-bond donors (Lipinski definition) is 2. The van der Waals surface area contributed by atoms with E-state index in [1.54, 1.807) is 0 Å². The van der Waals surface area contributed by atoms with Crippen molar-refractivity contribution in [2.45, 2.75) is 32.6 Å². The first-order valence-electron chi connectivity index (χ1n) is 11.4. The number of hydrogen-bond acceptors (Lipinski definition) is 7. The summed E-state index contributed by atoms with van der Waals surface area (Å²) >= 11 is 0. The Bertz CT molecular complexity index is 1200. The Kier molecular flexibility index (Phi) is 5.54. The number of aromatic nitrogens is 3. The molecule has 2 N–H and O–H groups in total. The second-order valence-corrected chi connectivity index (χ2v) is 8.77. The monoisotopic (exact) mass is 445 g/mol. The molecule has 2 aliphatic heterocycles. The van der Waals surface area contributed by atoms with Crippen LogP contribution >= 0.6 is 0 Å². The third kappa shape index (κ3) is 3.95. The summed E-state index contributed by atoms with van der Waals surface area (Å²) in [6, 6.07) is 9.74. The fraction of sp³-hybridized carbons (Fsp3) is 0.360. The standard InChI is InChI=1S/C25H28FN7/c1-4-25(3)16(2)30-21-7-5-17(13-19(21)25)23-20(26)15-29-24(32-23)31-22-8-6-18(14-28-22)33-11-9-27-10-12-33/h5-8,13-15,27H,4,9-12H2,1-3H3,(H,28,29,31,32). The molecule has 2 aromatic heterocycles. The molecule has 3 aromatic rings. The zero-order valence-electron chi connectivity index (χ0n) is 19.2. The van der Waals surface area contributed by atoms with Gasteiger partial charge in [-0.1, -0.05) is 19.9 Å². The molecule has 5 rings (SSSR count). The lowest BCUT2D eigenvalue weighted by atomic mass is 9.77. The van der Waals surface area contributed by atoms with Gasteiger partial charge in [0, 0.05) is 42.9 Å². The van der Waals surface area contributed by atoms with Crippen LogP contribution in [0.1, 0.15) is 32.8 Å². The highest BCUT2D eigenvalue weighted by Crippen LogP contribution is 2.44. The Labute approximate surface area is 193 Å². The molecule has 0 saturated carbocycles. The van der Waals surface area contributed by atoms with Gasteiger partial charge in [0.15, 0.2) is 5.82 Å². The maximum absolute atomic E-state index is 14.7. The molecule has 0 amide bonds. The summed E-state index contributed by atoms with van der Waals surface area (Å²) in [4.78, 5) is 20.1. The molecule has 1 unspecified atom stereocenters. The van der Waals surface area contributed by atoms with E-state index in [1.165, 1.54) is 6.20 Å². The molecule has 7 nitrogen and oxygen atoms in total. The van der Waals surface area contributed by atoms with Crippen molar-refractivity contribution in [1.82, 2.24) is 20.3 Å². The van der Waals surface area contributed by atoms with Crippen LogP contribution in [0.25, 0.3) is 11.3 Å². The van der Waals surface area contributed by atoms with Crippen LogP contribution < -0.4 is 15.5 Å². The Balaban J connectivity index is 1.40. The van der Waals surface area contributed by atoms with E-state index in [0.29, 0.717) is 17.3 Å². The average Bonchev–Trinajstić information content (AvgIpc) is 3.11. The zero-order valence-corrected chi connectivity index (χ0v) is 19.2. The Morgan fingerprint density at radius 1 is 1.12 bits per heavy atom. The maximum Gasteiger partial charge on any atom is 0.229 e. The highest BCUT2D eigenvalue weighted by molar-refractivity contribution is 6.00. The van der Waals surface area contributed by atoms with Crippen LogP contribution in [0.5, 0.6) is 0 Å². The van der Waals surface area contributed by atoms with Crippen molar-refractivity contribution in [1.29, 1.82) is 0 Å². The fourth-order valence-corrected chi connectivity index (χ4v) is 4.48. The van der Waals surface area contributed by atoms with E-state index in [1.807, 2.05) is 36.5 Å². The van der Waals surface area contributed by atoms with Crippen molar-refractivity contribution in [3.8, 4) is 11.3 Å². The van der Waals surface area contributed by atoms with Gasteiger partial charge in [-0.05, 0) is 43.2 Å². The Morgan fingerprint density at radius 3 is 2.67 bits per heavy atom. The fourth-order valence-electron chi connectivity index (χ4n) is 4.48. The molecule has 0 aliphatic carbocycles. The van der Waals surface area contributed by atoms with Crippen molar-refractivity contribution < 1.29 is 4.39 Å². The highest BCUT2D eigenvalue weighted by atomic mass is 19.1. The first-order chi connectivity index (χ1) is 16.0. The van der Waals surface area contributed by atoms with E-state index in [2.05, 4.69) is 51.3 Å². The number of aliphatic imine (C=N–C) groups is 1. The number of rotatable bonds is 5. The number of halogens is 1. The summed E-state index contributed by atoms with van der Waals surface area (Å²) in [5.41, 5.74) is 5.04. The number of fused-ring (bicyclic) bond motifs is 1. The second kappa shape index (κ2) is 8.51. The molecule has 4 heterocycles. The molecular formula is C25H28FN7. The maximum atomic E-state index is 14.7. The van der Waals surface area contributed by atoms with E-state index in [0.717, 1.165) is 55.2 Å². The second-order valence-electron chi connectivity index (χ2n) is 8.77. The summed E-state index contributed by atoms with van der Waals surface area (Å²) in [5.74, 6) is 0.458. The summed E-state index contributed by atoms with van der Waals surface area (Å²) in [7, 11) is 0. The van der Waals surface area contributed by atoms with Crippen molar-refractivity contribution in [3.05, 3.63) is 54.1 Å². The van der Waals surface area contributed by atoms with Crippen molar-refractivity contribution in [2.75, 3.05) is 36.4 Å². The van der Waals surface area contributed by atoms with Crippen LogP contribution in [-0.2, 0) is 5.41 Å². The van der Waals surface area contributed by atoms with Gasteiger partial charge in [-0.3, -0.25) is 4.99 Å². The topological polar surface area (TPSA) is 78.3 Å². The summed E-state index contributed by atoms with van der Waals surface area (Å²) in [5, 5.41) is 6.45. The van der Waals surface area contributed by atoms with Gasteiger partial charge in [0.25, 0.3) is 0 Å². The molecule has 0 radical (unpaired) electrons. The van der Waals surface area contributed by atoms with E-state index >= 15 is 0 Å². The predicted molar refractivity (Wildman–Crippen MR) is 130 cm³/mol. The van der Waals surface area contributed by atoms with Gasteiger partial charge < -0.3 is 15.5 Å². The van der Waals surface area contributed by atoms with Gasteiger partial charge in [-0.25, -0.2) is 19.3 Å². The van der Waals surface area contributed by atoms with Crippen LogP contribution in [0.4, 0.5) is 27.5 Å². The molecule has 0 bridgehead atoms. The van der Waals surface area contributed by atoms with Gasteiger partial charge >= 0.3 is 0 Å². The van der Waals surface area contributed by atoms with Crippen LogP contribution in [-0.4, -0.2) is 46.8 Å². The number of nitrogens with zero attached hydrogens (tertiary/aromatic N) is 5. The number of anilines is 3. The molecule has 1 saturated heterocycles. The molecule has 170 valence electrons. The predicted octanol–water partition coefficient (Wildman–Crippen LogP) is 4.60. The largest absolute Gasteiger partial charge is 0.368 e. The highest BCUT2D eigenvalue weighted by Gasteiger charge is 2.35. The van der Waals surface area contributed by atoms with Gasteiger partial charge in [-0.15, -0.1) is 0 Å². The van der Waals surface area contributed by atoms with Crippen LogP contribution in [0, 0.1) is 5.82 Å². The molecule has 33 heavy (non-hydrogen) atoms. The summed E-state index contributed by atoms with van der Waals surface area (Å²) < 4.78 is 14.7. The van der Waals surface area contributed by atoms with Crippen molar-refractivity contribution in [2.24, 2.45) is 4.99 Å². The Hall–Kier alpha value is -3.39. The SMILES string of the molecule is CCC1(C)C(C)=Nc2ccc(-c3nc(Nc4ccc(N5CCNCC5)cn4)ncc3F)cc21. The Morgan fingerprint density at radius 2 is 1.94 bits per heavy atom. The van der Waals surface area contributed by atoms with Crippen LogP contribution in [0.2, 0.25) is 0 Å². The lowest BCUT2D eigenvalue weighted by molar-refractivity contribution is 0.589. The molecule has 1 fully saturated rings. The van der Waals surface area contributed by atoms with E-state index in [-0.39, 0.29) is 11.1 Å².